The number of benzene rings is 1. The Balaban J connectivity index is 1.72. The van der Waals surface area contributed by atoms with E-state index in [0.29, 0.717) is 18.1 Å². The second-order valence-electron chi connectivity index (χ2n) is 5.69. The van der Waals surface area contributed by atoms with Crippen molar-refractivity contribution in [3.63, 3.8) is 0 Å². The molecule has 94 valence electrons. The molecule has 2 heteroatoms. The molecule has 0 aliphatic heterocycles. The molecule has 3 fully saturated rings. The van der Waals surface area contributed by atoms with Crippen molar-refractivity contribution in [2.24, 2.45) is 17.8 Å². The highest BCUT2D eigenvalue weighted by Crippen LogP contribution is 2.43. The third-order valence-corrected chi connectivity index (χ3v) is 4.50. The Morgan fingerprint density at radius 1 is 1.17 bits per heavy atom. The second-order valence-corrected chi connectivity index (χ2v) is 5.69. The lowest BCUT2D eigenvalue weighted by atomic mass is 9.62. The Morgan fingerprint density at radius 3 is 2.61 bits per heavy atom. The Labute approximate surface area is 107 Å². The van der Waals surface area contributed by atoms with Gasteiger partial charge in [0.1, 0.15) is 11.6 Å². The molecule has 0 unspecified atom stereocenters. The standard InChI is InChI=1S/C16H18O2/c17-15-10-12-6-7-13(15)14(8-12)16(18)9-11-4-2-1-3-5-11/h1-5,12-14H,6-10H2/t12-,13+,14-/m0/s1. The molecule has 2 bridgehead atoms. The molecule has 0 aromatic heterocycles. The number of rotatable bonds is 3. The fourth-order valence-corrected chi connectivity index (χ4v) is 3.55. The van der Waals surface area contributed by atoms with Crippen LogP contribution in [-0.4, -0.2) is 11.6 Å². The molecule has 0 radical (unpaired) electrons. The molecule has 2 nitrogen and oxygen atoms in total. The van der Waals surface area contributed by atoms with Gasteiger partial charge in [-0.1, -0.05) is 30.3 Å². The van der Waals surface area contributed by atoms with Gasteiger partial charge in [0.05, 0.1) is 0 Å². The molecule has 3 atom stereocenters. The Kier molecular flexibility index (Phi) is 3.02. The van der Waals surface area contributed by atoms with E-state index in [2.05, 4.69) is 0 Å². The highest BCUT2D eigenvalue weighted by atomic mass is 16.1. The third-order valence-electron chi connectivity index (χ3n) is 4.50. The Hall–Kier alpha value is -1.44. The average Bonchev–Trinajstić information content (AvgIpc) is 2.40. The quantitative estimate of drug-likeness (QED) is 0.816. The predicted octanol–water partition coefficient (Wildman–Crippen LogP) is 2.80. The van der Waals surface area contributed by atoms with Gasteiger partial charge in [0, 0.05) is 24.7 Å². The van der Waals surface area contributed by atoms with Crippen molar-refractivity contribution in [1.29, 1.82) is 0 Å². The molecule has 0 N–H and O–H groups in total. The third kappa shape index (κ3) is 2.12. The number of Topliss-reactive ketones (excluding diaryl/α,β-unsaturated/α-hetero) is 2. The highest BCUT2D eigenvalue weighted by Gasteiger charge is 2.43. The van der Waals surface area contributed by atoms with Gasteiger partial charge in [0.25, 0.3) is 0 Å². The van der Waals surface area contributed by atoms with Crippen molar-refractivity contribution < 1.29 is 9.59 Å². The average molecular weight is 242 g/mol. The van der Waals surface area contributed by atoms with Gasteiger partial charge in [-0.15, -0.1) is 0 Å². The molecule has 3 aliphatic carbocycles. The summed E-state index contributed by atoms with van der Waals surface area (Å²) in [4.78, 5) is 24.2. The lowest BCUT2D eigenvalue weighted by Crippen LogP contribution is -2.42. The van der Waals surface area contributed by atoms with Gasteiger partial charge < -0.3 is 0 Å². The maximum absolute atomic E-state index is 12.4. The van der Waals surface area contributed by atoms with Gasteiger partial charge in [-0.05, 0) is 30.7 Å². The first-order valence-corrected chi connectivity index (χ1v) is 6.83. The number of hydrogen-bond acceptors (Lipinski definition) is 2. The zero-order chi connectivity index (χ0) is 12.5. The van der Waals surface area contributed by atoms with Gasteiger partial charge in [-0.3, -0.25) is 9.59 Å². The van der Waals surface area contributed by atoms with Crippen LogP contribution in [0.15, 0.2) is 30.3 Å². The van der Waals surface area contributed by atoms with Crippen molar-refractivity contribution in [1.82, 2.24) is 0 Å². The fraction of sp³-hybridized carbons (Fsp3) is 0.500. The summed E-state index contributed by atoms with van der Waals surface area (Å²) >= 11 is 0. The Bertz CT molecular complexity index is 463. The van der Waals surface area contributed by atoms with Crippen LogP contribution in [0.5, 0.6) is 0 Å². The highest BCUT2D eigenvalue weighted by molar-refractivity contribution is 5.92. The fourth-order valence-electron chi connectivity index (χ4n) is 3.55. The van der Waals surface area contributed by atoms with Gasteiger partial charge in [0.15, 0.2) is 0 Å². The minimum absolute atomic E-state index is 0.00482. The summed E-state index contributed by atoms with van der Waals surface area (Å²) in [7, 11) is 0. The monoisotopic (exact) mass is 242 g/mol. The van der Waals surface area contributed by atoms with Crippen molar-refractivity contribution in [2.45, 2.75) is 32.1 Å². The molecule has 1 aromatic carbocycles. The van der Waals surface area contributed by atoms with E-state index in [1.807, 2.05) is 30.3 Å². The summed E-state index contributed by atoms with van der Waals surface area (Å²) in [6.45, 7) is 0. The largest absolute Gasteiger partial charge is 0.299 e. The van der Waals surface area contributed by atoms with Crippen molar-refractivity contribution in [2.75, 3.05) is 0 Å². The predicted molar refractivity (Wildman–Crippen MR) is 69.1 cm³/mol. The minimum Gasteiger partial charge on any atom is -0.299 e. The normalized spacial score (nSPS) is 30.4. The van der Waals surface area contributed by atoms with E-state index < -0.39 is 0 Å². The van der Waals surface area contributed by atoms with Crippen molar-refractivity contribution >= 4 is 11.6 Å². The first kappa shape index (κ1) is 11.6. The number of ketones is 2. The van der Waals surface area contributed by atoms with Crippen LogP contribution in [0.25, 0.3) is 0 Å². The number of carbonyl (C=O) groups excluding carboxylic acids is 2. The molecular weight excluding hydrogens is 224 g/mol. The maximum atomic E-state index is 12.4. The minimum atomic E-state index is 0.00482. The van der Waals surface area contributed by atoms with E-state index in [1.165, 1.54) is 0 Å². The molecule has 18 heavy (non-hydrogen) atoms. The first-order chi connectivity index (χ1) is 8.74. The zero-order valence-electron chi connectivity index (χ0n) is 10.5. The van der Waals surface area contributed by atoms with E-state index in [4.69, 9.17) is 0 Å². The van der Waals surface area contributed by atoms with Crippen LogP contribution in [0.2, 0.25) is 0 Å². The van der Waals surface area contributed by atoms with Crippen molar-refractivity contribution in [3.05, 3.63) is 35.9 Å². The van der Waals surface area contributed by atoms with E-state index in [0.717, 1.165) is 31.2 Å². The summed E-state index contributed by atoms with van der Waals surface area (Å²) < 4.78 is 0. The molecule has 0 saturated heterocycles. The Morgan fingerprint density at radius 2 is 1.94 bits per heavy atom. The van der Waals surface area contributed by atoms with Crippen LogP contribution in [0.3, 0.4) is 0 Å². The number of carbonyl (C=O) groups is 2. The van der Waals surface area contributed by atoms with E-state index in [-0.39, 0.29) is 17.6 Å². The second kappa shape index (κ2) is 4.68. The summed E-state index contributed by atoms with van der Waals surface area (Å²) in [6, 6.07) is 9.85. The van der Waals surface area contributed by atoms with Crippen LogP contribution in [0.1, 0.15) is 31.2 Å². The van der Waals surface area contributed by atoms with E-state index >= 15 is 0 Å². The van der Waals surface area contributed by atoms with Crippen LogP contribution in [0, 0.1) is 17.8 Å². The van der Waals surface area contributed by atoms with E-state index in [9.17, 15) is 9.59 Å². The van der Waals surface area contributed by atoms with Crippen LogP contribution >= 0.6 is 0 Å². The van der Waals surface area contributed by atoms with Gasteiger partial charge in [0.2, 0.25) is 0 Å². The number of fused-ring (bicyclic) bond motifs is 3. The zero-order valence-corrected chi connectivity index (χ0v) is 10.5. The summed E-state index contributed by atoms with van der Waals surface area (Å²) in [6.07, 6.45) is 4.24. The van der Waals surface area contributed by atoms with E-state index in [1.54, 1.807) is 0 Å². The lowest BCUT2D eigenvalue weighted by Gasteiger charge is -2.40. The van der Waals surface area contributed by atoms with Crippen LogP contribution in [0.4, 0.5) is 0 Å². The topological polar surface area (TPSA) is 34.1 Å². The summed E-state index contributed by atoms with van der Waals surface area (Å²) in [5.74, 6) is 1.12. The van der Waals surface area contributed by atoms with Gasteiger partial charge in [-0.2, -0.15) is 0 Å². The lowest BCUT2D eigenvalue weighted by molar-refractivity contribution is -0.140. The number of hydrogen-bond donors (Lipinski definition) is 0. The van der Waals surface area contributed by atoms with Gasteiger partial charge >= 0.3 is 0 Å². The smallest absolute Gasteiger partial charge is 0.141 e. The molecule has 0 spiro atoms. The van der Waals surface area contributed by atoms with Crippen LogP contribution in [-0.2, 0) is 16.0 Å². The van der Waals surface area contributed by atoms with Crippen molar-refractivity contribution in [3.8, 4) is 0 Å². The van der Waals surface area contributed by atoms with Crippen LogP contribution < -0.4 is 0 Å². The molecule has 4 rings (SSSR count). The molecule has 3 aliphatic rings. The summed E-state index contributed by atoms with van der Waals surface area (Å²) in [5, 5.41) is 0. The molecule has 0 amide bonds. The maximum Gasteiger partial charge on any atom is 0.141 e. The van der Waals surface area contributed by atoms with Gasteiger partial charge in [-0.25, -0.2) is 0 Å². The SMILES string of the molecule is O=C(Cc1ccccc1)[C@H]1C[C@@H]2CC[C@H]1C(=O)C2. The first-order valence-electron chi connectivity index (χ1n) is 6.83. The molecular formula is C16H18O2. The molecule has 3 saturated carbocycles. The summed E-state index contributed by atoms with van der Waals surface area (Å²) in [5.41, 5.74) is 1.07. The molecule has 1 aromatic rings. The molecule has 0 heterocycles.